The number of amides is 3. The van der Waals surface area contributed by atoms with Gasteiger partial charge in [0.25, 0.3) is 15.9 Å². The lowest BCUT2D eigenvalue weighted by atomic mass is 10.0. The van der Waals surface area contributed by atoms with Crippen molar-refractivity contribution >= 4 is 39.0 Å². The van der Waals surface area contributed by atoms with Crippen molar-refractivity contribution in [1.29, 1.82) is 0 Å². The zero-order valence-corrected chi connectivity index (χ0v) is 26.9. The first-order valence-corrected chi connectivity index (χ1v) is 16.6. The molecule has 0 aromatic heterocycles. The third kappa shape index (κ3) is 7.13. The second-order valence-corrected chi connectivity index (χ2v) is 13.0. The molecule has 1 aliphatic rings. The highest BCUT2D eigenvalue weighted by Gasteiger charge is 2.28. The molecule has 1 N–H and O–H groups in total. The normalized spacial score (nSPS) is 13.3. The highest BCUT2D eigenvalue weighted by molar-refractivity contribution is 7.92. The summed E-state index contributed by atoms with van der Waals surface area (Å²) in [5.41, 5.74) is 3.56. The van der Waals surface area contributed by atoms with Gasteiger partial charge in [0.15, 0.2) is 0 Å². The maximum atomic E-state index is 13.7. The lowest BCUT2D eigenvalue weighted by molar-refractivity contribution is 0.0827. The molecule has 5 aromatic rings. The number of nitrogens with zero attached hydrogens (tertiary/aromatic N) is 3. The number of carbonyl (C=O) groups is 2. The van der Waals surface area contributed by atoms with Gasteiger partial charge in [0.1, 0.15) is 11.5 Å². The van der Waals surface area contributed by atoms with E-state index >= 15 is 0 Å². The second-order valence-electron chi connectivity index (χ2n) is 11.3. The van der Waals surface area contributed by atoms with Crippen LogP contribution in [0.4, 0.5) is 21.9 Å². The van der Waals surface area contributed by atoms with Crippen LogP contribution in [0.5, 0.6) is 11.5 Å². The Morgan fingerprint density at radius 2 is 1.34 bits per heavy atom. The van der Waals surface area contributed by atoms with Crippen molar-refractivity contribution in [3.05, 3.63) is 133 Å². The number of urea groups is 1. The van der Waals surface area contributed by atoms with E-state index in [9.17, 15) is 18.0 Å². The summed E-state index contributed by atoms with van der Waals surface area (Å²) in [6.07, 6.45) is 0.734. The minimum atomic E-state index is -3.98. The van der Waals surface area contributed by atoms with E-state index in [2.05, 4.69) is 4.72 Å². The quantitative estimate of drug-likeness (QED) is 0.179. The average Bonchev–Trinajstić information content (AvgIpc) is 3.09. The molecule has 6 rings (SSSR count). The van der Waals surface area contributed by atoms with E-state index in [1.807, 2.05) is 60.7 Å². The second kappa shape index (κ2) is 13.4. The van der Waals surface area contributed by atoms with E-state index in [4.69, 9.17) is 4.74 Å². The SMILES string of the molecule is CN(C)C(=O)c1cccc(-c2cccc(S(=O)(=O)Nc3cccc(N4CCCN(c5ccc(Oc6ccccc6)cc5)C4=O)c3)c2)c1. The molecule has 1 fully saturated rings. The first-order chi connectivity index (χ1) is 22.7. The van der Waals surface area contributed by atoms with Crippen molar-refractivity contribution in [2.24, 2.45) is 0 Å². The Bertz CT molecular complexity index is 2010. The molecule has 238 valence electrons. The number of benzene rings is 5. The Labute approximate surface area is 274 Å². The average molecular weight is 647 g/mol. The van der Waals surface area contributed by atoms with Gasteiger partial charge in [-0.1, -0.05) is 48.5 Å². The summed E-state index contributed by atoms with van der Waals surface area (Å²) >= 11 is 0. The number of sulfonamides is 1. The molecule has 10 heteroatoms. The molecule has 3 amide bonds. The molecule has 1 heterocycles. The number of para-hydroxylation sites is 1. The molecule has 1 saturated heterocycles. The Morgan fingerprint density at radius 3 is 2.06 bits per heavy atom. The first-order valence-electron chi connectivity index (χ1n) is 15.1. The monoisotopic (exact) mass is 646 g/mol. The van der Waals surface area contributed by atoms with Crippen LogP contribution in [-0.2, 0) is 10.0 Å². The van der Waals surface area contributed by atoms with Crippen molar-refractivity contribution in [3.63, 3.8) is 0 Å². The Hall–Kier alpha value is -5.61. The Morgan fingerprint density at radius 1 is 0.702 bits per heavy atom. The molecule has 0 spiro atoms. The molecule has 0 atom stereocenters. The highest BCUT2D eigenvalue weighted by Crippen LogP contribution is 2.30. The number of hydrogen-bond acceptors (Lipinski definition) is 5. The molecule has 0 saturated carbocycles. The summed E-state index contributed by atoms with van der Waals surface area (Å²) in [5.74, 6) is 1.25. The number of nitrogens with one attached hydrogen (secondary N) is 1. The van der Waals surface area contributed by atoms with Gasteiger partial charge in [0, 0.05) is 44.1 Å². The molecular formula is C37H34N4O5S. The fourth-order valence-electron chi connectivity index (χ4n) is 5.41. The fraction of sp³-hybridized carbons (Fsp3) is 0.135. The topological polar surface area (TPSA) is 99.3 Å². The highest BCUT2D eigenvalue weighted by atomic mass is 32.2. The number of ether oxygens (including phenoxy) is 1. The van der Waals surface area contributed by atoms with Gasteiger partial charge in [-0.05, 0) is 96.4 Å². The molecule has 0 radical (unpaired) electrons. The Kier molecular flexibility index (Phi) is 8.94. The summed E-state index contributed by atoms with van der Waals surface area (Å²) < 4.78 is 35.6. The van der Waals surface area contributed by atoms with E-state index in [1.165, 1.54) is 11.0 Å². The summed E-state index contributed by atoms with van der Waals surface area (Å²) in [4.78, 5) is 31.0. The van der Waals surface area contributed by atoms with Crippen molar-refractivity contribution in [3.8, 4) is 22.6 Å². The van der Waals surface area contributed by atoms with Crippen molar-refractivity contribution < 1.29 is 22.7 Å². The van der Waals surface area contributed by atoms with Crippen LogP contribution < -0.4 is 19.3 Å². The summed E-state index contributed by atoms with van der Waals surface area (Å²) in [6, 6.07) is 37.1. The molecule has 1 aliphatic heterocycles. The van der Waals surface area contributed by atoms with Crippen LogP contribution in [0.3, 0.4) is 0 Å². The maximum absolute atomic E-state index is 13.7. The molecule has 0 bridgehead atoms. The minimum Gasteiger partial charge on any atom is -0.457 e. The number of anilines is 3. The van der Waals surface area contributed by atoms with Crippen LogP contribution in [0.25, 0.3) is 11.1 Å². The molecule has 47 heavy (non-hydrogen) atoms. The Balaban J connectivity index is 1.17. The number of carbonyl (C=O) groups excluding carboxylic acids is 2. The van der Waals surface area contributed by atoms with Crippen molar-refractivity contribution in [1.82, 2.24) is 4.90 Å². The summed E-state index contributed by atoms with van der Waals surface area (Å²) in [7, 11) is -0.612. The van der Waals surface area contributed by atoms with E-state index < -0.39 is 10.0 Å². The molecule has 5 aromatic carbocycles. The zero-order chi connectivity index (χ0) is 33.0. The van der Waals surface area contributed by atoms with Gasteiger partial charge in [0.2, 0.25) is 0 Å². The van der Waals surface area contributed by atoms with E-state index in [-0.39, 0.29) is 16.8 Å². The van der Waals surface area contributed by atoms with Gasteiger partial charge < -0.3 is 9.64 Å². The van der Waals surface area contributed by atoms with E-state index in [0.717, 1.165) is 23.4 Å². The lowest BCUT2D eigenvalue weighted by Gasteiger charge is -2.35. The molecule has 0 unspecified atom stereocenters. The van der Waals surface area contributed by atoms with Gasteiger partial charge in [-0.15, -0.1) is 0 Å². The maximum Gasteiger partial charge on any atom is 0.328 e. The number of hydrogen-bond donors (Lipinski definition) is 1. The van der Waals surface area contributed by atoms with E-state index in [1.54, 1.807) is 84.6 Å². The van der Waals surface area contributed by atoms with Crippen LogP contribution in [0.1, 0.15) is 16.8 Å². The van der Waals surface area contributed by atoms with Crippen LogP contribution in [-0.4, -0.2) is 52.4 Å². The zero-order valence-electron chi connectivity index (χ0n) is 26.0. The molecule has 0 aliphatic carbocycles. The predicted octanol–water partition coefficient (Wildman–Crippen LogP) is 7.49. The summed E-state index contributed by atoms with van der Waals surface area (Å²) in [6.45, 7) is 1.06. The predicted molar refractivity (Wildman–Crippen MR) is 185 cm³/mol. The van der Waals surface area contributed by atoms with E-state index in [0.29, 0.717) is 41.3 Å². The van der Waals surface area contributed by atoms with Gasteiger partial charge in [-0.25, -0.2) is 13.2 Å². The van der Waals surface area contributed by atoms with Crippen LogP contribution in [0.2, 0.25) is 0 Å². The van der Waals surface area contributed by atoms with Crippen LogP contribution in [0.15, 0.2) is 132 Å². The molecular weight excluding hydrogens is 612 g/mol. The largest absolute Gasteiger partial charge is 0.457 e. The smallest absolute Gasteiger partial charge is 0.328 e. The van der Waals surface area contributed by atoms with Gasteiger partial charge >= 0.3 is 6.03 Å². The van der Waals surface area contributed by atoms with Gasteiger partial charge in [-0.2, -0.15) is 0 Å². The minimum absolute atomic E-state index is 0.0738. The van der Waals surface area contributed by atoms with Gasteiger partial charge in [-0.3, -0.25) is 19.3 Å². The number of rotatable bonds is 9. The molecule has 9 nitrogen and oxygen atoms in total. The van der Waals surface area contributed by atoms with Gasteiger partial charge in [0.05, 0.1) is 10.6 Å². The fourth-order valence-corrected chi connectivity index (χ4v) is 6.50. The van der Waals surface area contributed by atoms with Crippen molar-refractivity contribution in [2.45, 2.75) is 11.3 Å². The third-order valence-corrected chi connectivity index (χ3v) is 9.13. The standard InChI is InChI=1S/C37H34N4O5S/c1-39(2)36(42)29-12-6-10-27(24-29)28-11-7-17-35(25-28)47(44,45)38-30-13-8-14-32(26-30)41-23-9-22-40(37(41)43)31-18-20-34(21-19-31)46-33-15-4-3-5-16-33/h3-8,10-21,24-26,38H,9,22-23H2,1-2H3. The summed E-state index contributed by atoms with van der Waals surface area (Å²) in [5, 5.41) is 0. The first kappa shape index (κ1) is 31.4. The third-order valence-electron chi connectivity index (χ3n) is 7.76. The van der Waals surface area contributed by atoms with Crippen molar-refractivity contribution in [2.75, 3.05) is 41.7 Å². The van der Waals surface area contributed by atoms with Crippen LogP contribution >= 0.6 is 0 Å². The van der Waals surface area contributed by atoms with Crippen LogP contribution in [0, 0.1) is 0 Å². The lowest BCUT2D eigenvalue weighted by Crippen LogP contribution is -2.49.